The molecule has 1 aliphatic carbocycles. The Hall–Kier alpha value is -1.35. The minimum atomic E-state index is 0.175. The Labute approximate surface area is 109 Å². The molecule has 1 aromatic carbocycles. The lowest BCUT2D eigenvalue weighted by molar-refractivity contribution is -0.122. The van der Waals surface area contributed by atoms with Crippen LogP contribution in [0.4, 0.5) is 5.69 Å². The van der Waals surface area contributed by atoms with Crippen molar-refractivity contribution in [3.05, 3.63) is 29.8 Å². The Morgan fingerprint density at radius 2 is 2.00 bits per heavy atom. The van der Waals surface area contributed by atoms with E-state index in [0.717, 1.165) is 25.1 Å². The first kappa shape index (κ1) is 13.1. The van der Waals surface area contributed by atoms with Crippen LogP contribution in [-0.2, 0) is 4.79 Å². The van der Waals surface area contributed by atoms with E-state index in [1.165, 1.54) is 12.0 Å². The van der Waals surface area contributed by atoms with E-state index >= 15 is 0 Å². The number of carbonyl (C=O) groups excluding carboxylic acids is 1. The molecular weight excluding hydrogens is 224 g/mol. The summed E-state index contributed by atoms with van der Waals surface area (Å²) >= 11 is 0. The number of anilines is 1. The molecule has 1 fully saturated rings. The van der Waals surface area contributed by atoms with Crippen molar-refractivity contribution in [2.45, 2.75) is 39.2 Å². The minimum Gasteiger partial charge on any atom is -0.326 e. The summed E-state index contributed by atoms with van der Waals surface area (Å²) in [6, 6.07) is 8.47. The highest BCUT2D eigenvalue weighted by molar-refractivity contribution is 5.92. The highest BCUT2D eigenvalue weighted by atomic mass is 16.1. The second-order valence-corrected chi connectivity index (χ2v) is 5.02. The summed E-state index contributed by atoms with van der Waals surface area (Å²) in [5.74, 6) is 0.416. The van der Waals surface area contributed by atoms with Crippen LogP contribution in [0.2, 0.25) is 0 Å². The van der Waals surface area contributed by atoms with Gasteiger partial charge in [-0.3, -0.25) is 4.79 Å². The van der Waals surface area contributed by atoms with E-state index < -0.39 is 0 Å². The molecule has 2 rings (SSSR count). The number of nitrogens with one attached hydrogen (secondary N) is 2. The summed E-state index contributed by atoms with van der Waals surface area (Å²) in [6.45, 7) is 5.20. The van der Waals surface area contributed by atoms with Gasteiger partial charge in [0.1, 0.15) is 0 Å². The average molecular weight is 246 g/mol. The van der Waals surface area contributed by atoms with Gasteiger partial charge in [-0.1, -0.05) is 25.5 Å². The molecule has 18 heavy (non-hydrogen) atoms. The Kier molecular flexibility index (Phi) is 4.37. The zero-order valence-corrected chi connectivity index (χ0v) is 11.2. The molecular formula is C15H22N2O. The molecule has 3 heteroatoms. The molecule has 1 unspecified atom stereocenters. The predicted octanol–water partition coefficient (Wildman–Crippen LogP) is 3.10. The summed E-state index contributed by atoms with van der Waals surface area (Å²) in [5.41, 5.74) is 2.15. The number of hydrogen-bond acceptors (Lipinski definition) is 2. The molecule has 1 atom stereocenters. The maximum Gasteiger partial charge on any atom is 0.227 e. The van der Waals surface area contributed by atoms with Gasteiger partial charge in [-0.15, -0.1) is 0 Å². The van der Waals surface area contributed by atoms with Crippen molar-refractivity contribution in [3.63, 3.8) is 0 Å². The van der Waals surface area contributed by atoms with Gasteiger partial charge in [0.25, 0.3) is 0 Å². The van der Waals surface area contributed by atoms with Crippen molar-refractivity contribution in [2.75, 3.05) is 11.9 Å². The van der Waals surface area contributed by atoms with Gasteiger partial charge in [-0.25, -0.2) is 0 Å². The molecule has 0 aromatic heterocycles. The molecule has 1 aromatic rings. The first-order valence-electron chi connectivity index (χ1n) is 6.85. The number of amides is 1. The van der Waals surface area contributed by atoms with Crippen molar-refractivity contribution >= 4 is 11.6 Å². The van der Waals surface area contributed by atoms with Crippen LogP contribution in [0.5, 0.6) is 0 Å². The van der Waals surface area contributed by atoms with E-state index in [1.807, 2.05) is 12.1 Å². The maximum absolute atomic E-state index is 11.8. The van der Waals surface area contributed by atoms with Crippen LogP contribution in [0.1, 0.15) is 44.7 Å². The average Bonchev–Trinajstić information content (AvgIpc) is 2.27. The maximum atomic E-state index is 11.8. The highest BCUT2D eigenvalue weighted by Crippen LogP contribution is 2.27. The molecule has 98 valence electrons. The SMILES string of the molecule is CCNC(C)c1ccc(NC(=O)C2CCC2)cc1. The van der Waals surface area contributed by atoms with Crippen molar-refractivity contribution in [3.8, 4) is 0 Å². The highest BCUT2D eigenvalue weighted by Gasteiger charge is 2.24. The largest absolute Gasteiger partial charge is 0.326 e. The third-order valence-corrected chi connectivity index (χ3v) is 3.66. The van der Waals surface area contributed by atoms with Crippen molar-refractivity contribution < 1.29 is 4.79 Å². The Morgan fingerprint density at radius 3 is 2.50 bits per heavy atom. The molecule has 1 aliphatic rings. The van der Waals surface area contributed by atoms with Gasteiger partial charge in [0.05, 0.1) is 0 Å². The fourth-order valence-corrected chi connectivity index (χ4v) is 2.19. The molecule has 0 bridgehead atoms. The van der Waals surface area contributed by atoms with E-state index in [2.05, 4.69) is 36.6 Å². The summed E-state index contributed by atoms with van der Waals surface area (Å²) in [6.07, 6.45) is 3.28. The summed E-state index contributed by atoms with van der Waals surface area (Å²) in [5, 5.41) is 6.35. The van der Waals surface area contributed by atoms with E-state index in [4.69, 9.17) is 0 Å². The third-order valence-electron chi connectivity index (χ3n) is 3.66. The lowest BCUT2D eigenvalue weighted by Crippen LogP contribution is -2.28. The topological polar surface area (TPSA) is 41.1 Å². The second kappa shape index (κ2) is 6.01. The molecule has 0 aliphatic heterocycles. The van der Waals surface area contributed by atoms with E-state index in [-0.39, 0.29) is 11.8 Å². The number of rotatable bonds is 5. The molecule has 1 amide bonds. The smallest absolute Gasteiger partial charge is 0.227 e. The summed E-state index contributed by atoms with van der Waals surface area (Å²) < 4.78 is 0. The van der Waals surface area contributed by atoms with Gasteiger partial charge in [-0.2, -0.15) is 0 Å². The van der Waals surface area contributed by atoms with Gasteiger partial charge in [-0.05, 0) is 44.0 Å². The molecule has 2 N–H and O–H groups in total. The standard InChI is InChI=1S/C15H22N2O/c1-3-16-11(2)12-7-9-14(10-8-12)17-15(18)13-5-4-6-13/h7-11,13,16H,3-6H2,1-2H3,(H,17,18). The summed E-state index contributed by atoms with van der Waals surface area (Å²) in [4.78, 5) is 11.8. The summed E-state index contributed by atoms with van der Waals surface area (Å²) in [7, 11) is 0. The molecule has 1 saturated carbocycles. The van der Waals surface area contributed by atoms with E-state index in [1.54, 1.807) is 0 Å². The van der Waals surface area contributed by atoms with Crippen LogP contribution in [0.3, 0.4) is 0 Å². The van der Waals surface area contributed by atoms with Gasteiger partial charge in [0.2, 0.25) is 5.91 Å². The predicted molar refractivity (Wildman–Crippen MR) is 74.5 cm³/mol. The lowest BCUT2D eigenvalue weighted by atomic mass is 9.85. The number of carbonyl (C=O) groups is 1. The number of benzene rings is 1. The zero-order chi connectivity index (χ0) is 13.0. The first-order valence-corrected chi connectivity index (χ1v) is 6.85. The van der Waals surface area contributed by atoms with Crippen molar-refractivity contribution in [1.29, 1.82) is 0 Å². The van der Waals surface area contributed by atoms with Gasteiger partial charge < -0.3 is 10.6 Å². The van der Waals surface area contributed by atoms with Gasteiger partial charge in [0, 0.05) is 17.6 Å². The lowest BCUT2D eigenvalue weighted by Gasteiger charge is -2.24. The van der Waals surface area contributed by atoms with Crippen LogP contribution < -0.4 is 10.6 Å². The first-order chi connectivity index (χ1) is 8.70. The van der Waals surface area contributed by atoms with Crippen LogP contribution in [0.15, 0.2) is 24.3 Å². The molecule has 0 heterocycles. The second-order valence-electron chi connectivity index (χ2n) is 5.02. The molecule has 0 radical (unpaired) electrons. The Bertz CT molecular complexity index is 395. The van der Waals surface area contributed by atoms with E-state index in [0.29, 0.717) is 6.04 Å². The quantitative estimate of drug-likeness (QED) is 0.838. The molecule has 0 spiro atoms. The van der Waals surface area contributed by atoms with Crippen LogP contribution in [0.25, 0.3) is 0 Å². The Morgan fingerprint density at radius 1 is 1.33 bits per heavy atom. The van der Waals surface area contributed by atoms with Crippen molar-refractivity contribution in [1.82, 2.24) is 5.32 Å². The van der Waals surface area contributed by atoms with Gasteiger partial charge >= 0.3 is 0 Å². The van der Waals surface area contributed by atoms with Crippen molar-refractivity contribution in [2.24, 2.45) is 5.92 Å². The van der Waals surface area contributed by atoms with Crippen LogP contribution in [0, 0.1) is 5.92 Å². The fourth-order valence-electron chi connectivity index (χ4n) is 2.19. The number of hydrogen-bond donors (Lipinski definition) is 2. The Balaban J connectivity index is 1.92. The van der Waals surface area contributed by atoms with Crippen LogP contribution in [-0.4, -0.2) is 12.5 Å². The molecule has 3 nitrogen and oxygen atoms in total. The zero-order valence-electron chi connectivity index (χ0n) is 11.2. The minimum absolute atomic E-state index is 0.175. The fraction of sp³-hybridized carbons (Fsp3) is 0.533. The van der Waals surface area contributed by atoms with Gasteiger partial charge in [0.15, 0.2) is 0 Å². The van der Waals surface area contributed by atoms with E-state index in [9.17, 15) is 4.79 Å². The molecule has 0 saturated heterocycles. The monoisotopic (exact) mass is 246 g/mol. The normalized spacial score (nSPS) is 17.0. The third kappa shape index (κ3) is 3.10. The van der Waals surface area contributed by atoms with Crippen LogP contribution >= 0.6 is 0 Å².